The van der Waals surface area contributed by atoms with Crippen molar-refractivity contribution >= 4 is 17.8 Å². The number of rotatable bonds is 6. The van der Waals surface area contributed by atoms with Gasteiger partial charge in [-0.1, -0.05) is 0 Å². The van der Waals surface area contributed by atoms with Crippen molar-refractivity contribution in [3.05, 3.63) is 0 Å². The van der Waals surface area contributed by atoms with Crippen LogP contribution < -0.4 is 11.1 Å². The molecule has 1 fully saturated rings. The van der Waals surface area contributed by atoms with Gasteiger partial charge in [-0.25, -0.2) is 4.79 Å². The Balaban J connectivity index is 2.46. The third-order valence-corrected chi connectivity index (χ3v) is 2.77. The summed E-state index contributed by atoms with van der Waals surface area (Å²) in [6, 6.07) is -1.10. The first-order valence-electron chi connectivity index (χ1n) is 5.94. The second-order valence-corrected chi connectivity index (χ2v) is 4.26. The Labute approximate surface area is 105 Å². The molecule has 4 N–H and O–H groups in total. The highest BCUT2D eigenvalue weighted by Crippen LogP contribution is 2.13. The minimum absolute atomic E-state index is 0.0108. The van der Waals surface area contributed by atoms with Crippen LogP contribution in [-0.4, -0.2) is 41.6 Å². The molecule has 0 aliphatic carbocycles. The lowest BCUT2D eigenvalue weighted by atomic mass is 10.1. The van der Waals surface area contributed by atoms with E-state index in [1.54, 1.807) is 0 Å². The van der Waals surface area contributed by atoms with Crippen LogP contribution in [0.1, 0.15) is 32.1 Å². The summed E-state index contributed by atoms with van der Waals surface area (Å²) < 4.78 is 5.25. The number of carboxylic acid groups (broad SMARTS) is 1. The van der Waals surface area contributed by atoms with Gasteiger partial charge < -0.3 is 20.9 Å². The highest BCUT2D eigenvalue weighted by atomic mass is 16.5. The number of nitrogens with one attached hydrogen (secondary N) is 1. The number of amides is 2. The largest absolute Gasteiger partial charge is 0.480 e. The van der Waals surface area contributed by atoms with Gasteiger partial charge in [-0.3, -0.25) is 9.59 Å². The molecule has 2 atom stereocenters. The molecule has 1 unspecified atom stereocenters. The van der Waals surface area contributed by atoms with Crippen molar-refractivity contribution in [3.8, 4) is 0 Å². The van der Waals surface area contributed by atoms with Crippen LogP contribution in [0.4, 0.5) is 0 Å². The van der Waals surface area contributed by atoms with Crippen LogP contribution in [0.15, 0.2) is 0 Å². The third kappa shape index (κ3) is 4.70. The Bertz CT molecular complexity index is 325. The summed E-state index contributed by atoms with van der Waals surface area (Å²) in [7, 11) is 0. The summed E-state index contributed by atoms with van der Waals surface area (Å²) >= 11 is 0. The molecule has 7 nitrogen and oxygen atoms in total. The molecule has 0 aromatic carbocycles. The average Bonchev–Trinajstić information content (AvgIpc) is 2.34. The minimum Gasteiger partial charge on any atom is -0.480 e. The van der Waals surface area contributed by atoms with Crippen molar-refractivity contribution in [2.24, 2.45) is 5.73 Å². The lowest BCUT2D eigenvalue weighted by molar-refractivity contribution is -0.145. The number of aliphatic carboxylic acids is 1. The molecule has 1 saturated heterocycles. The predicted octanol–water partition coefficient (Wildman–Crippen LogP) is -0.610. The molecule has 7 heteroatoms. The highest BCUT2D eigenvalue weighted by Gasteiger charge is 2.27. The van der Waals surface area contributed by atoms with E-state index in [4.69, 9.17) is 15.6 Å². The number of hydrogen-bond donors (Lipinski definition) is 3. The fourth-order valence-corrected chi connectivity index (χ4v) is 1.76. The van der Waals surface area contributed by atoms with E-state index in [9.17, 15) is 14.4 Å². The molecule has 0 radical (unpaired) electrons. The van der Waals surface area contributed by atoms with E-state index in [1.807, 2.05) is 0 Å². The third-order valence-electron chi connectivity index (χ3n) is 2.77. The molecule has 1 aliphatic heterocycles. The summed E-state index contributed by atoms with van der Waals surface area (Å²) in [4.78, 5) is 33.3. The zero-order chi connectivity index (χ0) is 13.5. The maximum Gasteiger partial charge on any atom is 0.326 e. The Hall–Kier alpha value is -1.63. The average molecular weight is 258 g/mol. The smallest absolute Gasteiger partial charge is 0.326 e. The van der Waals surface area contributed by atoms with Crippen LogP contribution in [0.5, 0.6) is 0 Å². The normalized spacial score (nSPS) is 21.0. The highest BCUT2D eigenvalue weighted by molar-refractivity contribution is 5.86. The van der Waals surface area contributed by atoms with Gasteiger partial charge in [0.15, 0.2) is 0 Å². The van der Waals surface area contributed by atoms with Crippen LogP contribution in [0, 0.1) is 0 Å². The lowest BCUT2D eigenvalue weighted by Crippen LogP contribution is -2.47. The number of nitrogens with two attached hydrogens (primary N) is 1. The zero-order valence-corrected chi connectivity index (χ0v) is 10.1. The molecule has 0 bridgehead atoms. The van der Waals surface area contributed by atoms with Crippen molar-refractivity contribution in [1.29, 1.82) is 0 Å². The van der Waals surface area contributed by atoms with Crippen LogP contribution in [0.2, 0.25) is 0 Å². The maximum absolute atomic E-state index is 11.7. The molecule has 102 valence electrons. The number of ether oxygens (including phenoxy) is 1. The summed E-state index contributed by atoms with van der Waals surface area (Å²) in [5, 5.41) is 11.3. The Morgan fingerprint density at radius 1 is 1.39 bits per heavy atom. The molecule has 0 saturated carbocycles. The number of hydrogen-bond acceptors (Lipinski definition) is 4. The summed E-state index contributed by atoms with van der Waals surface area (Å²) in [6.45, 7) is 0.511. The molecule has 1 heterocycles. The monoisotopic (exact) mass is 258 g/mol. The zero-order valence-electron chi connectivity index (χ0n) is 10.1. The maximum atomic E-state index is 11.7. The van der Waals surface area contributed by atoms with Gasteiger partial charge in [0.05, 0.1) is 0 Å². The number of carbonyl (C=O) groups excluding carboxylic acids is 2. The molecule has 0 spiro atoms. The molecule has 1 aliphatic rings. The summed E-state index contributed by atoms with van der Waals surface area (Å²) in [5.74, 6) is -2.21. The van der Waals surface area contributed by atoms with E-state index >= 15 is 0 Å². The number of carbonyl (C=O) groups is 3. The Morgan fingerprint density at radius 3 is 2.61 bits per heavy atom. The molecular formula is C11H18N2O5. The predicted molar refractivity (Wildman–Crippen MR) is 61.6 cm³/mol. The molecule has 0 aromatic rings. The van der Waals surface area contributed by atoms with E-state index in [-0.39, 0.29) is 12.8 Å². The number of primary amides is 1. The van der Waals surface area contributed by atoms with Gasteiger partial charge in [-0.15, -0.1) is 0 Å². The first-order valence-corrected chi connectivity index (χ1v) is 5.94. The molecule has 18 heavy (non-hydrogen) atoms. The lowest BCUT2D eigenvalue weighted by Gasteiger charge is -2.23. The fraction of sp³-hybridized carbons (Fsp3) is 0.727. The van der Waals surface area contributed by atoms with E-state index < -0.39 is 29.9 Å². The van der Waals surface area contributed by atoms with E-state index in [2.05, 4.69) is 5.32 Å². The van der Waals surface area contributed by atoms with Crippen LogP contribution in [0.3, 0.4) is 0 Å². The number of carboxylic acids is 1. The van der Waals surface area contributed by atoms with Crippen molar-refractivity contribution in [3.63, 3.8) is 0 Å². The van der Waals surface area contributed by atoms with E-state index in [0.29, 0.717) is 13.0 Å². The second kappa shape index (κ2) is 6.95. The van der Waals surface area contributed by atoms with E-state index in [1.165, 1.54) is 0 Å². The summed E-state index contributed by atoms with van der Waals surface area (Å²) in [6.07, 6.45) is 1.71. The van der Waals surface area contributed by atoms with Crippen LogP contribution in [-0.2, 0) is 19.1 Å². The topological polar surface area (TPSA) is 119 Å². The van der Waals surface area contributed by atoms with Gasteiger partial charge in [0.25, 0.3) is 0 Å². The first kappa shape index (κ1) is 14.4. The van der Waals surface area contributed by atoms with Crippen molar-refractivity contribution < 1.29 is 24.2 Å². The van der Waals surface area contributed by atoms with E-state index in [0.717, 1.165) is 12.8 Å². The van der Waals surface area contributed by atoms with Crippen molar-refractivity contribution in [2.45, 2.75) is 44.2 Å². The van der Waals surface area contributed by atoms with Gasteiger partial charge in [0.2, 0.25) is 11.8 Å². The molecule has 2 amide bonds. The molecule has 0 aromatic heterocycles. The van der Waals surface area contributed by atoms with Gasteiger partial charge in [0.1, 0.15) is 12.1 Å². The van der Waals surface area contributed by atoms with Gasteiger partial charge in [0, 0.05) is 13.0 Å². The quantitative estimate of drug-likeness (QED) is 0.587. The van der Waals surface area contributed by atoms with Crippen molar-refractivity contribution in [2.75, 3.05) is 6.61 Å². The second-order valence-electron chi connectivity index (χ2n) is 4.26. The standard InChI is InChI=1S/C11H18N2O5/c12-9(14)5-4-7(11(16)17)13-10(15)8-3-1-2-6-18-8/h7-8H,1-6H2,(H2,12,14)(H,13,15)(H,16,17)/t7-,8?/m0/s1. The van der Waals surface area contributed by atoms with Crippen molar-refractivity contribution in [1.82, 2.24) is 5.32 Å². The molecule has 1 rings (SSSR count). The van der Waals surface area contributed by atoms with Gasteiger partial charge >= 0.3 is 5.97 Å². The van der Waals surface area contributed by atoms with Crippen LogP contribution >= 0.6 is 0 Å². The molecular weight excluding hydrogens is 240 g/mol. The van der Waals surface area contributed by atoms with Gasteiger partial charge in [-0.05, 0) is 25.7 Å². The summed E-state index contributed by atoms with van der Waals surface area (Å²) in [5.41, 5.74) is 4.95. The Morgan fingerprint density at radius 2 is 2.11 bits per heavy atom. The Kier molecular flexibility index (Phi) is 5.57. The minimum atomic E-state index is -1.18. The first-order chi connectivity index (χ1) is 8.50. The van der Waals surface area contributed by atoms with Crippen LogP contribution in [0.25, 0.3) is 0 Å². The SMILES string of the molecule is NC(=O)CC[C@H](NC(=O)C1CCCCO1)C(=O)O. The van der Waals surface area contributed by atoms with Gasteiger partial charge in [-0.2, -0.15) is 0 Å². The fourth-order valence-electron chi connectivity index (χ4n) is 1.76.